The first-order chi connectivity index (χ1) is 11.1. The molecule has 2 rings (SSSR count). The fourth-order valence-electron chi connectivity index (χ4n) is 2.38. The number of esters is 1. The van der Waals surface area contributed by atoms with Gasteiger partial charge in [-0.05, 0) is 24.6 Å². The first kappa shape index (κ1) is 17.3. The second-order valence-corrected chi connectivity index (χ2v) is 5.62. The summed E-state index contributed by atoms with van der Waals surface area (Å²) in [4.78, 5) is 26.3. The van der Waals surface area contributed by atoms with Gasteiger partial charge < -0.3 is 19.7 Å². The van der Waals surface area contributed by atoms with Crippen LogP contribution in [0.4, 0.5) is 11.4 Å². The molecule has 1 N–H and O–H groups in total. The third-order valence-corrected chi connectivity index (χ3v) is 4.10. The molecule has 1 fully saturated rings. The number of benzene rings is 1. The number of hydrogen-bond donors (Lipinski definition) is 1. The summed E-state index contributed by atoms with van der Waals surface area (Å²) >= 11 is 0. The highest BCUT2D eigenvalue weighted by atomic mass is 16.5. The molecule has 126 valence electrons. The molecular weight excluding hydrogens is 296 g/mol. The molecule has 1 atom stereocenters. The number of ether oxygens (including phenoxy) is 2. The number of rotatable bonds is 5. The molecule has 0 spiro atoms. The van der Waals surface area contributed by atoms with Crippen LogP contribution in [0.15, 0.2) is 18.2 Å². The van der Waals surface area contributed by atoms with Crippen LogP contribution in [-0.2, 0) is 14.3 Å². The van der Waals surface area contributed by atoms with E-state index in [9.17, 15) is 9.59 Å². The number of carbonyl (C=O) groups excluding carboxylic acids is 2. The van der Waals surface area contributed by atoms with Crippen molar-refractivity contribution in [3.63, 3.8) is 0 Å². The van der Waals surface area contributed by atoms with Gasteiger partial charge in [0.25, 0.3) is 0 Å². The maximum atomic E-state index is 12.1. The summed E-state index contributed by atoms with van der Waals surface area (Å²) in [6.45, 7) is 6.70. The molecule has 1 heterocycles. The van der Waals surface area contributed by atoms with Gasteiger partial charge in [-0.3, -0.25) is 4.79 Å². The van der Waals surface area contributed by atoms with Gasteiger partial charge in [0, 0.05) is 24.7 Å². The maximum absolute atomic E-state index is 12.1. The Bertz CT molecular complexity index is 568. The molecule has 0 radical (unpaired) electrons. The van der Waals surface area contributed by atoms with E-state index in [4.69, 9.17) is 9.47 Å². The Hall–Kier alpha value is -2.08. The van der Waals surface area contributed by atoms with E-state index in [1.165, 1.54) is 7.11 Å². The third-order valence-electron chi connectivity index (χ3n) is 4.10. The first-order valence-electron chi connectivity index (χ1n) is 7.92. The lowest BCUT2D eigenvalue weighted by molar-refractivity contribution is -0.119. The standard InChI is InChI=1S/C17H24N2O4/c1-4-12(2)16(20)18-15-6-5-13(11-14(15)17(21)22-3)19-7-9-23-10-8-19/h5-6,11-12H,4,7-10H2,1-3H3,(H,18,20). The number of hydrogen-bond acceptors (Lipinski definition) is 5. The molecule has 6 heteroatoms. The topological polar surface area (TPSA) is 67.9 Å². The molecule has 1 saturated heterocycles. The Morgan fingerprint density at radius 3 is 2.65 bits per heavy atom. The molecule has 1 aromatic rings. The van der Waals surface area contributed by atoms with Crippen LogP contribution in [0.1, 0.15) is 30.6 Å². The summed E-state index contributed by atoms with van der Waals surface area (Å²) in [5.41, 5.74) is 1.78. The normalized spacial score (nSPS) is 15.9. The second-order valence-electron chi connectivity index (χ2n) is 5.62. The van der Waals surface area contributed by atoms with Gasteiger partial charge in [0.15, 0.2) is 0 Å². The highest BCUT2D eigenvalue weighted by molar-refractivity contribution is 6.02. The minimum atomic E-state index is -0.459. The zero-order valence-corrected chi connectivity index (χ0v) is 13.9. The monoisotopic (exact) mass is 320 g/mol. The van der Waals surface area contributed by atoms with Crippen LogP contribution >= 0.6 is 0 Å². The quantitative estimate of drug-likeness (QED) is 0.843. The first-order valence-corrected chi connectivity index (χ1v) is 7.92. The predicted octanol–water partition coefficient (Wildman–Crippen LogP) is 2.29. The van der Waals surface area contributed by atoms with Crippen molar-refractivity contribution in [3.05, 3.63) is 23.8 Å². The predicted molar refractivity (Wildman–Crippen MR) is 88.9 cm³/mol. The van der Waals surface area contributed by atoms with Crippen molar-refractivity contribution in [3.8, 4) is 0 Å². The summed E-state index contributed by atoms with van der Waals surface area (Å²) < 4.78 is 10.2. The average molecular weight is 320 g/mol. The largest absolute Gasteiger partial charge is 0.465 e. The molecule has 1 aliphatic heterocycles. The van der Waals surface area contributed by atoms with Crippen molar-refractivity contribution < 1.29 is 19.1 Å². The van der Waals surface area contributed by atoms with Gasteiger partial charge in [0.05, 0.1) is 31.6 Å². The number of morpholine rings is 1. The minimum absolute atomic E-state index is 0.100. The van der Waals surface area contributed by atoms with Crippen LogP contribution in [0.2, 0.25) is 0 Å². The van der Waals surface area contributed by atoms with Gasteiger partial charge >= 0.3 is 5.97 Å². The number of anilines is 2. The number of carbonyl (C=O) groups is 2. The van der Waals surface area contributed by atoms with E-state index in [-0.39, 0.29) is 11.8 Å². The average Bonchev–Trinajstić information content (AvgIpc) is 2.61. The van der Waals surface area contributed by atoms with Crippen molar-refractivity contribution in [1.29, 1.82) is 0 Å². The molecule has 1 unspecified atom stereocenters. The highest BCUT2D eigenvalue weighted by Gasteiger charge is 2.19. The van der Waals surface area contributed by atoms with E-state index in [0.717, 1.165) is 25.2 Å². The molecule has 1 aromatic carbocycles. The number of nitrogens with zero attached hydrogens (tertiary/aromatic N) is 1. The van der Waals surface area contributed by atoms with E-state index >= 15 is 0 Å². The smallest absolute Gasteiger partial charge is 0.340 e. The summed E-state index contributed by atoms with van der Waals surface area (Å²) in [6.07, 6.45) is 0.741. The van der Waals surface area contributed by atoms with Gasteiger partial charge in [-0.25, -0.2) is 4.79 Å². The van der Waals surface area contributed by atoms with Crippen LogP contribution in [-0.4, -0.2) is 45.3 Å². The van der Waals surface area contributed by atoms with Crippen LogP contribution in [0, 0.1) is 5.92 Å². The molecule has 6 nitrogen and oxygen atoms in total. The summed E-state index contributed by atoms with van der Waals surface area (Å²) in [7, 11) is 1.34. The van der Waals surface area contributed by atoms with Gasteiger partial charge in [-0.1, -0.05) is 13.8 Å². The Balaban J connectivity index is 2.27. The number of nitrogens with one attached hydrogen (secondary N) is 1. The summed E-state index contributed by atoms with van der Waals surface area (Å²) in [5.74, 6) is -0.671. The lowest BCUT2D eigenvalue weighted by Gasteiger charge is -2.29. The minimum Gasteiger partial charge on any atom is -0.465 e. The van der Waals surface area contributed by atoms with E-state index < -0.39 is 5.97 Å². The lowest BCUT2D eigenvalue weighted by atomic mass is 10.1. The third kappa shape index (κ3) is 4.22. The van der Waals surface area contributed by atoms with E-state index in [2.05, 4.69) is 10.2 Å². The molecule has 23 heavy (non-hydrogen) atoms. The van der Waals surface area contributed by atoms with Crippen LogP contribution in [0.3, 0.4) is 0 Å². The zero-order valence-electron chi connectivity index (χ0n) is 13.9. The summed E-state index contributed by atoms with van der Waals surface area (Å²) in [6, 6.07) is 5.44. The number of methoxy groups -OCH3 is 1. The Morgan fingerprint density at radius 2 is 2.04 bits per heavy atom. The van der Waals surface area contributed by atoms with E-state index in [1.807, 2.05) is 19.9 Å². The molecule has 0 saturated carbocycles. The van der Waals surface area contributed by atoms with E-state index in [1.54, 1.807) is 12.1 Å². The SMILES string of the molecule is CCC(C)C(=O)Nc1ccc(N2CCOCC2)cc1C(=O)OC. The van der Waals surface area contributed by atoms with Crippen molar-refractivity contribution >= 4 is 23.3 Å². The molecule has 0 aromatic heterocycles. The maximum Gasteiger partial charge on any atom is 0.340 e. The zero-order chi connectivity index (χ0) is 16.8. The summed E-state index contributed by atoms with van der Waals surface area (Å²) in [5, 5.41) is 2.82. The van der Waals surface area contributed by atoms with E-state index in [0.29, 0.717) is 24.5 Å². The van der Waals surface area contributed by atoms with Gasteiger partial charge in [0.2, 0.25) is 5.91 Å². The van der Waals surface area contributed by atoms with Crippen LogP contribution in [0.5, 0.6) is 0 Å². The second kappa shape index (κ2) is 7.97. The van der Waals surface area contributed by atoms with Crippen molar-refractivity contribution in [2.75, 3.05) is 43.6 Å². The van der Waals surface area contributed by atoms with Gasteiger partial charge in [-0.15, -0.1) is 0 Å². The highest BCUT2D eigenvalue weighted by Crippen LogP contribution is 2.25. The van der Waals surface area contributed by atoms with Crippen molar-refractivity contribution in [2.24, 2.45) is 5.92 Å². The Morgan fingerprint density at radius 1 is 1.35 bits per heavy atom. The Kier molecular flexibility index (Phi) is 5.98. The molecular formula is C17H24N2O4. The fourth-order valence-corrected chi connectivity index (χ4v) is 2.38. The number of amides is 1. The van der Waals surface area contributed by atoms with Crippen LogP contribution < -0.4 is 10.2 Å². The fraction of sp³-hybridized carbons (Fsp3) is 0.529. The molecule has 0 bridgehead atoms. The Labute approximate surface area is 136 Å². The lowest BCUT2D eigenvalue weighted by Crippen LogP contribution is -2.36. The van der Waals surface area contributed by atoms with Crippen molar-refractivity contribution in [2.45, 2.75) is 20.3 Å². The van der Waals surface area contributed by atoms with Crippen molar-refractivity contribution in [1.82, 2.24) is 0 Å². The molecule has 1 amide bonds. The van der Waals surface area contributed by atoms with Crippen LogP contribution in [0.25, 0.3) is 0 Å². The van der Waals surface area contributed by atoms with Gasteiger partial charge in [-0.2, -0.15) is 0 Å². The molecule has 1 aliphatic rings. The van der Waals surface area contributed by atoms with Gasteiger partial charge in [0.1, 0.15) is 0 Å². The molecule has 0 aliphatic carbocycles.